The maximum atomic E-state index is 9.94. The Morgan fingerprint density at radius 3 is 2.08 bits per heavy atom. The van der Waals surface area contributed by atoms with E-state index in [0.29, 0.717) is 6.42 Å². The first kappa shape index (κ1) is 9.96. The van der Waals surface area contributed by atoms with Crippen molar-refractivity contribution in [2.45, 2.75) is 51.3 Å². The molecule has 0 aliphatic heterocycles. The fraction of sp³-hybridized carbons (Fsp3) is 1.00. The lowest BCUT2D eigenvalue weighted by Gasteiger charge is -2.48. The largest absolute Gasteiger partial charge is 0.388 e. The molecule has 0 radical (unpaired) electrons. The molecule has 0 heterocycles. The smallest absolute Gasteiger partial charge is 0.0789 e. The Kier molecular flexibility index (Phi) is 2.23. The number of hydrogen-bond donors (Lipinski definition) is 3. The highest BCUT2D eigenvalue weighted by atomic mass is 16.3. The third-order valence-corrected chi connectivity index (χ3v) is 2.98. The topological polar surface area (TPSA) is 72.3 Å². The average Bonchev–Trinajstić information content (AvgIpc) is 1.80. The van der Waals surface area contributed by atoms with Crippen LogP contribution in [0.4, 0.5) is 0 Å². The molecule has 12 heavy (non-hydrogen) atoms. The third kappa shape index (κ3) is 1.63. The minimum Gasteiger partial charge on any atom is -0.388 e. The van der Waals surface area contributed by atoms with Gasteiger partial charge in [0.05, 0.1) is 5.60 Å². The Morgan fingerprint density at radius 2 is 1.67 bits per heavy atom. The van der Waals surface area contributed by atoms with Crippen molar-refractivity contribution in [3.8, 4) is 0 Å². The summed E-state index contributed by atoms with van der Waals surface area (Å²) in [5, 5.41) is 9.94. The molecule has 1 fully saturated rings. The van der Waals surface area contributed by atoms with Crippen molar-refractivity contribution >= 4 is 0 Å². The summed E-state index contributed by atoms with van der Waals surface area (Å²) < 4.78 is 0. The van der Waals surface area contributed by atoms with Crippen molar-refractivity contribution in [2.24, 2.45) is 16.9 Å². The van der Waals surface area contributed by atoms with Crippen molar-refractivity contribution in [3.05, 3.63) is 0 Å². The molecule has 5 N–H and O–H groups in total. The zero-order valence-electron chi connectivity index (χ0n) is 8.17. The highest BCUT2D eigenvalue weighted by Gasteiger charge is 2.45. The monoisotopic (exact) mass is 172 g/mol. The summed E-state index contributed by atoms with van der Waals surface area (Å²) in [6.07, 6.45) is 1.50. The Hall–Kier alpha value is -0.120. The van der Waals surface area contributed by atoms with Gasteiger partial charge in [0.2, 0.25) is 0 Å². The Morgan fingerprint density at radius 1 is 1.17 bits per heavy atom. The minimum absolute atomic E-state index is 0.0544. The van der Waals surface area contributed by atoms with E-state index in [1.165, 1.54) is 0 Å². The van der Waals surface area contributed by atoms with Gasteiger partial charge in [0, 0.05) is 12.1 Å². The van der Waals surface area contributed by atoms with Crippen LogP contribution in [0.1, 0.15) is 33.6 Å². The van der Waals surface area contributed by atoms with Crippen LogP contribution < -0.4 is 11.5 Å². The van der Waals surface area contributed by atoms with Crippen LogP contribution in [-0.4, -0.2) is 22.8 Å². The van der Waals surface area contributed by atoms with Crippen LogP contribution in [0.2, 0.25) is 0 Å². The van der Waals surface area contributed by atoms with Gasteiger partial charge in [0.15, 0.2) is 0 Å². The molecule has 1 aliphatic carbocycles. The van der Waals surface area contributed by atoms with Crippen molar-refractivity contribution in [3.63, 3.8) is 0 Å². The lowest BCUT2D eigenvalue weighted by Crippen LogP contribution is -2.61. The van der Waals surface area contributed by atoms with Gasteiger partial charge >= 0.3 is 0 Å². The molecular formula is C9H20N2O. The molecule has 0 bridgehead atoms. The number of hydrogen-bond acceptors (Lipinski definition) is 3. The second-order valence-electron chi connectivity index (χ2n) is 4.99. The normalized spacial score (nSPS) is 47.5. The lowest BCUT2D eigenvalue weighted by molar-refractivity contribution is -0.0531. The molecule has 1 aliphatic rings. The van der Waals surface area contributed by atoms with E-state index < -0.39 is 5.60 Å². The van der Waals surface area contributed by atoms with Gasteiger partial charge < -0.3 is 16.6 Å². The summed E-state index contributed by atoms with van der Waals surface area (Å²) in [7, 11) is 0. The molecule has 72 valence electrons. The van der Waals surface area contributed by atoms with Crippen LogP contribution in [0.5, 0.6) is 0 Å². The van der Waals surface area contributed by atoms with Crippen LogP contribution in [0.25, 0.3) is 0 Å². The standard InChI is InChI=1S/C9H20N2O/c1-8(2)4-6(10)5-9(3,12)7(8)11/h6-7,12H,4-5,10-11H2,1-3H3. The van der Waals surface area contributed by atoms with Gasteiger partial charge in [-0.1, -0.05) is 13.8 Å². The van der Waals surface area contributed by atoms with Crippen molar-refractivity contribution in [2.75, 3.05) is 0 Å². The molecule has 1 rings (SSSR count). The minimum atomic E-state index is -0.804. The van der Waals surface area contributed by atoms with Crippen LogP contribution in [-0.2, 0) is 0 Å². The summed E-state index contributed by atoms with van der Waals surface area (Å²) in [6.45, 7) is 5.90. The molecule has 3 heteroatoms. The maximum Gasteiger partial charge on any atom is 0.0789 e. The van der Waals surface area contributed by atoms with Gasteiger partial charge in [-0.2, -0.15) is 0 Å². The summed E-state index contributed by atoms with van der Waals surface area (Å²) >= 11 is 0. The highest BCUT2D eigenvalue weighted by molar-refractivity contribution is 5.02. The lowest BCUT2D eigenvalue weighted by atomic mass is 9.65. The van der Waals surface area contributed by atoms with E-state index >= 15 is 0 Å². The van der Waals surface area contributed by atoms with Crippen LogP contribution in [0.15, 0.2) is 0 Å². The van der Waals surface area contributed by atoms with E-state index in [1.807, 2.05) is 0 Å². The van der Waals surface area contributed by atoms with E-state index in [1.54, 1.807) is 6.92 Å². The fourth-order valence-corrected chi connectivity index (χ4v) is 2.37. The second-order valence-corrected chi connectivity index (χ2v) is 4.99. The zero-order chi connectivity index (χ0) is 9.57. The van der Waals surface area contributed by atoms with E-state index in [0.717, 1.165) is 6.42 Å². The van der Waals surface area contributed by atoms with Gasteiger partial charge in [0.1, 0.15) is 0 Å². The maximum absolute atomic E-state index is 9.94. The quantitative estimate of drug-likeness (QED) is 0.489. The molecular weight excluding hydrogens is 152 g/mol. The van der Waals surface area contributed by atoms with Crippen molar-refractivity contribution in [1.29, 1.82) is 0 Å². The van der Waals surface area contributed by atoms with E-state index in [9.17, 15) is 5.11 Å². The predicted octanol–water partition coefficient (Wildman–Crippen LogP) is 0.212. The first-order valence-corrected chi connectivity index (χ1v) is 4.49. The molecule has 3 nitrogen and oxygen atoms in total. The molecule has 0 spiro atoms. The van der Waals surface area contributed by atoms with Gasteiger partial charge in [0.25, 0.3) is 0 Å². The zero-order valence-corrected chi connectivity index (χ0v) is 8.17. The number of aliphatic hydroxyl groups is 1. The van der Waals surface area contributed by atoms with Crippen molar-refractivity contribution < 1.29 is 5.11 Å². The predicted molar refractivity (Wildman–Crippen MR) is 49.6 cm³/mol. The third-order valence-electron chi connectivity index (χ3n) is 2.98. The molecule has 0 amide bonds. The number of rotatable bonds is 0. The molecule has 0 aromatic rings. The Balaban J connectivity index is 2.84. The SMILES string of the molecule is CC1(C)CC(N)CC(C)(O)C1N. The van der Waals surface area contributed by atoms with E-state index in [4.69, 9.17) is 11.5 Å². The average molecular weight is 172 g/mol. The van der Waals surface area contributed by atoms with Gasteiger partial charge in [-0.15, -0.1) is 0 Å². The summed E-state index contributed by atoms with van der Waals surface area (Å²) in [5.74, 6) is 0. The van der Waals surface area contributed by atoms with Crippen molar-refractivity contribution in [1.82, 2.24) is 0 Å². The molecule has 0 saturated heterocycles. The molecule has 3 atom stereocenters. The van der Waals surface area contributed by atoms with Gasteiger partial charge in [-0.05, 0) is 25.2 Å². The summed E-state index contributed by atoms with van der Waals surface area (Å²) in [4.78, 5) is 0. The fourth-order valence-electron chi connectivity index (χ4n) is 2.37. The molecule has 3 unspecified atom stereocenters. The van der Waals surface area contributed by atoms with Gasteiger partial charge in [-0.25, -0.2) is 0 Å². The molecule has 1 saturated carbocycles. The van der Waals surface area contributed by atoms with E-state index in [2.05, 4.69) is 13.8 Å². The molecule has 0 aromatic carbocycles. The van der Waals surface area contributed by atoms with Gasteiger partial charge in [-0.3, -0.25) is 0 Å². The molecule has 0 aromatic heterocycles. The first-order valence-electron chi connectivity index (χ1n) is 4.49. The first-order chi connectivity index (χ1) is 5.26. The highest BCUT2D eigenvalue weighted by Crippen LogP contribution is 2.39. The van der Waals surface area contributed by atoms with Crippen LogP contribution in [0.3, 0.4) is 0 Å². The summed E-state index contributed by atoms with van der Waals surface area (Å²) in [6, 6.07) is -0.0976. The van der Waals surface area contributed by atoms with Crippen LogP contribution in [0, 0.1) is 5.41 Å². The van der Waals surface area contributed by atoms with Crippen LogP contribution >= 0.6 is 0 Å². The number of nitrogens with two attached hydrogens (primary N) is 2. The second kappa shape index (κ2) is 2.69. The Bertz CT molecular complexity index is 159. The Labute approximate surface area is 74.1 Å². The summed E-state index contributed by atoms with van der Waals surface area (Å²) in [5.41, 5.74) is 10.9. The van der Waals surface area contributed by atoms with E-state index in [-0.39, 0.29) is 17.5 Å².